The number of aryl methyl sites for hydroxylation is 1. The summed E-state index contributed by atoms with van der Waals surface area (Å²) < 4.78 is 26.5. The highest BCUT2D eigenvalue weighted by molar-refractivity contribution is 5.91. The molecule has 0 bridgehead atoms. The van der Waals surface area contributed by atoms with Gasteiger partial charge in [-0.25, -0.2) is 15.0 Å². The molecule has 0 unspecified atom stereocenters. The first-order valence-corrected chi connectivity index (χ1v) is 14.0. The predicted octanol–water partition coefficient (Wildman–Crippen LogP) is 3.30. The van der Waals surface area contributed by atoms with E-state index < -0.39 is 17.2 Å². The van der Waals surface area contributed by atoms with Gasteiger partial charge in [-0.05, 0) is 51.5 Å². The summed E-state index contributed by atoms with van der Waals surface area (Å²) in [6.07, 6.45) is 1.55. The second-order valence-corrected chi connectivity index (χ2v) is 9.29. The number of hydrogen-bond acceptors (Lipinski definition) is 10. The van der Waals surface area contributed by atoms with Crippen molar-refractivity contribution in [3.05, 3.63) is 73.9 Å². The zero-order valence-corrected chi connectivity index (χ0v) is 25.2. The van der Waals surface area contributed by atoms with E-state index in [1.807, 2.05) is 20.8 Å². The molecule has 0 spiro atoms. The van der Waals surface area contributed by atoms with Crippen LogP contribution in [0.4, 0.5) is 5.95 Å². The monoisotopic (exact) mass is 592 g/mol. The Bertz CT molecular complexity index is 1740. The molecular weight excluding hydrogens is 556 g/mol. The number of benzene rings is 2. The van der Waals surface area contributed by atoms with Crippen LogP contribution in [0, 0.1) is 0 Å². The van der Waals surface area contributed by atoms with E-state index >= 15 is 0 Å². The minimum Gasteiger partial charge on any atom is -0.490 e. The number of fused-ring (bicyclic) bond motifs is 1. The molecule has 0 saturated carbocycles. The second-order valence-electron chi connectivity index (χ2n) is 9.29. The van der Waals surface area contributed by atoms with Gasteiger partial charge in [0.2, 0.25) is 11.7 Å². The molecule has 4 rings (SSSR count). The Hall–Kier alpha value is -5.07. The fraction of sp³-hybridized carbons (Fsp3) is 0.367. The Balaban J connectivity index is 1.81. The summed E-state index contributed by atoms with van der Waals surface area (Å²) in [6, 6.07) is 10.5. The van der Waals surface area contributed by atoms with Crippen molar-refractivity contribution in [2.45, 2.75) is 34.2 Å². The van der Waals surface area contributed by atoms with Crippen LogP contribution in [0.1, 0.15) is 49.2 Å². The summed E-state index contributed by atoms with van der Waals surface area (Å²) in [7, 11) is 2.93. The normalized spacial score (nSPS) is 11.2. The number of nitrogens with one attached hydrogen (secondary N) is 1. The minimum absolute atomic E-state index is 0.0722. The molecule has 2 aromatic heterocycles. The summed E-state index contributed by atoms with van der Waals surface area (Å²) in [5, 5.41) is 4.38. The molecule has 0 atom stereocenters. The van der Waals surface area contributed by atoms with E-state index in [1.54, 1.807) is 54.1 Å². The van der Waals surface area contributed by atoms with Crippen LogP contribution < -0.4 is 30.9 Å². The van der Waals surface area contributed by atoms with Crippen molar-refractivity contribution >= 4 is 29.3 Å². The summed E-state index contributed by atoms with van der Waals surface area (Å²) in [5.41, 5.74) is 3.78. The quantitative estimate of drug-likeness (QED) is 0.141. The van der Waals surface area contributed by atoms with E-state index in [0.717, 1.165) is 4.57 Å². The van der Waals surface area contributed by atoms with Gasteiger partial charge in [-0.15, -0.1) is 0 Å². The minimum atomic E-state index is -0.537. The number of rotatable bonds is 13. The summed E-state index contributed by atoms with van der Waals surface area (Å²) in [4.78, 5) is 43.2. The highest BCUT2D eigenvalue weighted by Gasteiger charge is 2.21. The van der Waals surface area contributed by atoms with E-state index in [4.69, 9.17) is 18.9 Å². The van der Waals surface area contributed by atoms with Crippen LogP contribution >= 0.6 is 0 Å². The van der Waals surface area contributed by atoms with Crippen molar-refractivity contribution in [1.82, 2.24) is 18.7 Å². The molecule has 2 heterocycles. The third-order valence-electron chi connectivity index (χ3n) is 6.50. The maximum atomic E-state index is 13.3. The average Bonchev–Trinajstić information content (AvgIpc) is 3.35. The van der Waals surface area contributed by atoms with Crippen molar-refractivity contribution in [2.75, 3.05) is 31.9 Å². The molecule has 1 N–H and O–H groups in total. The lowest BCUT2D eigenvalue weighted by atomic mass is 10.1. The van der Waals surface area contributed by atoms with Crippen molar-refractivity contribution in [3.63, 3.8) is 0 Å². The van der Waals surface area contributed by atoms with E-state index in [9.17, 15) is 14.4 Å². The van der Waals surface area contributed by atoms with Gasteiger partial charge in [-0.2, -0.15) is 10.1 Å². The van der Waals surface area contributed by atoms with Gasteiger partial charge in [-0.3, -0.25) is 18.5 Å². The number of ether oxygens (including phenoxy) is 4. The molecule has 0 fully saturated rings. The van der Waals surface area contributed by atoms with E-state index in [2.05, 4.69) is 15.5 Å². The first-order chi connectivity index (χ1) is 20.7. The molecule has 0 aliphatic heterocycles. The number of carbonyl (C=O) groups is 1. The van der Waals surface area contributed by atoms with Gasteiger partial charge in [-0.1, -0.05) is 18.2 Å². The highest BCUT2D eigenvalue weighted by Crippen LogP contribution is 2.38. The Morgan fingerprint density at radius 2 is 1.58 bits per heavy atom. The van der Waals surface area contributed by atoms with Crippen LogP contribution in [0.25, 0.3) is 11.2 Å². The summed E-state index contributed by atoms with van der Waals surface area (Å²) in [6.45, 7) is 8.94. The number of esters is 1. The SMILES string of the molecule is CCOC(=O)c1ccccc1Cn1c(N/N=C\c2cc(OCC)c(OCC)c(OCC)c2)nc2c1c(=O)n(C)c(=O)n2C. The molecule has 43 heavy (non-hydrogen) atoms. The number of aromatic nitrogens is 4. The number of anilines is 1. The smallest absolute Gasteiger partial charge is 0.338 e. The third-order valence-corrected chi connectivity index (χ3v) is 6.50. The van der Waals surface area contributed by atoms with Crippen molar-refractivity contribution in [2.24, 2.45) is 19.2 Å². The lowest BCUT2D eigenvalue weighted by Gasteiger charge is -2.16. The number of imidazole rings is 1. The highest BCUT2D eigenvalue weighted by atomic mass is 16.5. The van der Waals surface area contributed by atoms with Crippen molar-refractivity contribution in [3.8, 4) is 17.2 Å². The largest absolute Gasteiger partial charge is 0.490 e. The first kappa shape index (κ1) is 30.9. The van der Waals surface area contributed by atoms with Crippen LogP contribution in [0.3, 0.4) is 0 Å². The van der Waals surface area contributed by atoms with E-state index in [-0.39, 0.29) is 30.3 Å². The number of nitrogens with zero attached hydrogens (tertiary/aromatic N) is 5. The Labute approximate surface area is 248 Å². The summed E-state index contributed by atoms with van der Waals surface area (Å²) in [5.74, 6) is 1.23. The van der Waals surface area contributed by atoms with Crippen LogP contribution in [0.5, 0.6) is 17.2 Å². The molecule has 2 aromatic carbocycles. The topological polar surface area (TPSA) is 140 Å². The van der Waals surface area contributed by atoms with Gasteiger partial charge < -0.3 is 18.9 Å². The maximum Gasteiger partial charge on any atom is 0.338 e. The van der Waals surface area contributed by atoms with Gasteiger partial charge in [0.05, 0.1) is 44.8 Å². The van der Waals surface area contributed by atoms with Gasteiger partial charge in [0.15, 0.2) is 22.7 Å². The molecule has 0 amide bonds. The predicted molar refractivity (Wildman–Crippen MR) is 163 cm³/mol. The zero-order chi connectivity index (χ0) is 31.1. The summed E-state index contributed by atoms with van der Waals surface area (Å²) >= 11 is 0. The fourth-order valence-corrected chi connectivity index (χ4v) is 4.57. The molecular formula is C30H36N6O7. The lowest BCUT2D eigenvalue weighted by molar-refractivity contribution is 0.0525. The fourth-order valence-electron chi connectivity index (χ4n) is 4.57. The molecule has 228 valence electrons. The molecule has 0 aliphatic carbocycles. The van der Waals surface area contributed by atoms with Crippen LogP contribution in [-0.2, 0) is 25.4 Å². The molecule has 0 saturated heterocycles. The number of hydrazone groups is 1. The maximum absolute atomic E-state index is 13.3. The average molecular weight is 593 g/mol. The molecule has 13 nitrogen and oxygen atoms in total. The molecule has 0 aliphatic rings. The number of carbonyl (C=O) groups excluding carboxylic acids is 1. The van der Waals surface area contributed by atoms with Gasteiger partial charge in [0.25, 0.3) is 5.56 Å². The third kappa shape index (κ3) is 6.40. The van der Waals surface area contributed by atoms with Gasteiger partial charge in [0, 0.05) is 19.7 Å². The van der Waals surface area contributed by atoms with Crippen molar-refractivity contribution < 1.29 is 23.7 Å². The Kier molecular flexibility index (Phi) is 9.86. The van der Waals surface area contributed by atoms with Gasteiger partial charge in [0.1, 0.15) is 0 Å². The van der Waals surface area contributed by atoms with Crippen LogP contribution in [0.15, 0.2) is 51.1 Å². The van der Waals surface area contributed by atoms with Gasteiger partial charge >= 0.3 is 11.7 Å². The lowest BCUT2D eigenvalue weighted by Crippen LogP contribution is -2.37. The Morgan fingerprint density at radius 1 is 0.930 bits per heavy atom. The van der Waals surface area contributed by atoms with E-state index in [1.165, 1.54) is 18.7 Å². The van der Waals surface area contributed by atoms with Crippen LogP contribution in [-0.4, -0.2) is 57.3 Å². The zero-order valence-electron chi connectivity index (χ0n) is 25.2. The molecule has 4 aromatic rings. The second kappa shape index (κ2) is 13.7. The molecule has 0 radical (unpaired) electrons. The Morgan fingerprint density at radius 3 is 2.21 bits per heavy atom. The van der Waals surface area contributed by atoms with Crippen LogP contribution in [0.2, 0.25) is 0 Å². The van der Waals surface area contributed by atoms with Crippen molar-refractivity contribution in [1.29, 1.82) is 0 Å². The van der Waals surface area contributed by atoms with E-state index in [0.29, 0.717) is 53.8 Å². The number of hydrogen-bond donors (Lipinski definition) is 1. The first-order valence-electron chi connectivity index (χ1n) is 14.0. The standard InChI is InChI=1S/C30H36N6O7/c1-7-40-22-15-19(16-23(41-8-2)25(22)42-9-3)17-31-33-29-32-26-24(27(37)35(6)30(39)34(26)5)36(29)18-20-13-11-12-14-21(20)28(38)43-10-4/h11-17H,7-10,18H2,1-6H3,(H,32,33)/b31-17-. The molecule has 13 heteroatoms.